The van der Waals surface area contributed by atoms with Crippen LogP contribution in [0, 0.1) is 11.8 Å². The highest BCUT2D eigenvalue weighted by molar-refractivity contribution is 4.58. The molecule has 0 saturated heterocycles. The molecule has 0 aliphatic rings. The average molecular weight is 215 g/mol. The maximum atomic E-state index is 4.99. The molecule has 0 spiro atoms. The molecule has 0 radical (unpaired) electrons. The number of rotatable bonds is 10. The summed E-state index contributed by atoms with van der Waals surface area (Å²) in [7, 11) is 1.75. The molecule has 2 heteroatoms. The fraction of sp³-hybridized carbons (Fsp3) is 1.00. The lowest BCUT2D eigenvalue weighted by Crippen LogP contribution is -2.24. The highest BCUT2D eigenvalue weighted by atomic mass is 16.5. The van der Waals surface area contributed by atoms with E-state index in [9.17, 15) is 0 Å². The van der Waals surface area contributed by atoms with E-state index in [1.807, 2.05) is 0 Å². The Labute approximate surface area is 95.8 Å². The van der Waals surface area contributed by atoms with Gasteiger partial charge in [-0.15, -0.1) is 0 Å². The van der Waals surface area contributed by atoms with Gasteiger partial charge in [0.25, 0.3) is 0 Å². The Bertz CT molecular complexity index is 126. The van der Waals surface area contributed by atoms with Gasteiger partial charge in [0.1, 0.15) is 0 Å². The van der Waals surface area contributed by atoms with E-state index in [-0.39, 0.29) is 0 Å². The average Bonchev–Trinajstić information content (AvgIpc) is 2.19. The molecule has 1 N–H and O–H groups in total. The third-order valence-corrected chi connectivity index (χ3v) is 2.70. The van der Waals surface area contributed by atoms with Gasteiger partial charge in [0.15, 0.2) is 0 Å². The van der Waals surface area contributed by atoms with Crippen molar-refractivity contribution in [1.82, 2.24) is 5.32 Å². The second-order valence-corrected chi connectivity index (χ2v) is 4.98. The van der Waals surface area contributed by atoms with Crippen LogP contribution in [0.2, 0.25) is 0 Å². The van der Waals surface area contributed by atoms with Gasteiger partial charge in [-0.2, -0.15) is 0 Å². The first-order chi connectivity index (χ1) is 7.16. The van der Waals surface area contributed by atoms with Crippen molar-refractivity contribution in [1.29, 1.82) is 0 Å². The van der Waals surface area contributed by atoms with Crippen molar-refractivity contribution in [3.8, 4) is 0 Å². The van der Waals surface area contributed by atoms with Crippen molar-refractivity contribution in [2.75, 3.05) is 26.8 Å². The van der Waals surface area contributed by atoms with E-state index in [1.165, 1.54) is 25.7 Å². The molecular weight excluding hydrogens is 186 g/mol. The van der Waals surface area contributed by atoms with E-state index in [2.05, 4.69) is 26.1 Å². The van der Waals surface area contributed by atoms with Gasteiger partial charge in [-0.1, -0.05) is 40.0 Å². The minimum absolute atomic E-state index is 0.800. The molecule has 0 aromatic heterocycles. The molecule has 0 rings (SSSR count). The number of hydrogen-bond acceptors (Lipinski definition) is 2. The van der Waals surface area contributed by atoms with Crippen LogP contribution in [0.15, 0.2) is 0 Å². The Morgan fingerprint density at radius 1 is 1.07 bits per heavy atom. The van der Waals surface area contributed by atoms with Gasteiger partial charge in [0.2, 0.25) is 0 Å². The summed E-state index contributed by atoms with van der Waals surface area (Å²) in [5.41, 5.74) is 0. The summed E-state index contributed by atoms with van der Waals surface area (Å²) in [6, 6.07) is 0. The Balaban J connectivity index is 3.15. The largest absolute Gasteiger partial charge is 0.383 e. The van der Waals surface area contributed by atoms with Crippen LogP contribution in [0.25, 0.3) is 0 Å². The van der Waals surface area contributed by atoms with Crippen molar-refractivity contribution >= 4 is 0 Å². The predicted octanol–water partition coefficient (Wildman–Crippen LogP) is 3.07. The molecule has 1 atom stereocenters. The highest BCUT2D eigenvalue weighted by Gasteiger charge is 2.01. The van der Waals surface area contributed by atoms with Crippen molar-refractivity contribution in [2.24, 2.45) is 11.8 Å². The van der Waals surface area contributed by atoms with Crippen molar-refractivity contribution in [2.45, 2.75) is 46.5 Å². The Morgan fingerprint density at radius 2 is 1.73 bits per heavy atom. The Kier molecular flexibility index (Phi) is 10.4. The minimum atomic E-state index is 0.800. The molecular formula is C13H29NO. The monoisotopic (exact) mass is 215 g/mol. The van der Waals surface area contributed by atoms with Crippen LogP contribution in [0.1, 0.15) is 46.5 Å². The van der Waals surface area contributed by atoms with E-state index < -0.39 is 0 Å². The molecule has 0 aromatic carbocycles. The van der Waals surface area contributed by atoms with E-state index in [1.54, 1.807) is 7.11 Å². The molecule has 0 heterocycles. The van der Waals surface area contributed by atoms with E-state index >= 15 is 0 Å². The number of hydrogen-bond donors (Lipinski definition) is 1. The lowest BCUT2D eigenvalue weighted by molar-refractivity contribution is 0.198. The van der Waals surface area contributed by atoms with Gasteiger partial charge in [-0.25, -0.2) is 0 Å². The summed E-state index contributed by atoms with van der Waals surface area (Å²) in [6.45, 7) is 9.86. The lowest BCUT2D eigenvalue weighted by Gasteiger charge is -2.12. The summed E-state index contributed by atoms with van der Waals surface area (Å²) in [5, 5.41) is 3.41. The van der Waals surface area contributed by atoms with Gasteiger partial charge in [0, 0.05) is 13.7 Å². The van der Waals surface area contributed by atoms with Crippen molar-refractivity contribution < 1.29 is 4.74 Å². The number of methoxy groups -OCH3 is 1. The minimum Gasteiger partial charge on any atom is -0.383 e. The molecule has 92 valence electrons. The molecule has 0 aromatic rings. The topological polar surface area (TPSA) is 21.3 Å². The normalized spacial score (nSPS) is 13.4. The first-order valence-electron chi connectivity index (χ1n) is 6.36. The molecule has 0 bridgehead atoms. The van der Waals surface area contributed by atoms with Gasteiger partial charge >= 0.3 is 0 Å². The third-order valence-electron chi connectivity index (χ3n) is 2.70. The van der Waals surface area contributed by atoms with Crippen molar-refractivity contribution in [3.05, 3.63) is 0 Å². The zero-order valence-corrected chi connectivity index (χ0v) is 11.0. The molecule has 0 saturated carbocycles. The van der Waals surface area contributed by atoms with E-state index in [0.29, 0.717) is 0 Å². The molecule has 0 fully saturated rings. The predicted molar refractivity (Wildman–Crippen MR) is 67.2 cm³/mol. The third kappa shape index (κ3) is 11.8. The summed E-state index contributed by atoms with van der Waals surface area (Å²) < 4.78 is 4.99. The van der Waals surface area contributed by atoms with Gasteiger partial charge in [0.05, 0.1) is 6.61 Å². The zero-order chi connectivity index (χ0) is 11.5. The standard InChI is InChI=1S/C13H29NO/c1-12(2)7-5-6-8-13(3)11-14-9-10-15-4/h12-14H,5-11H2,1-4H3. The molecule has 1 unspecified atom stereocenters. The number of ether oxygens (including phenoxy) is 1. The second kappa shape index (κ2) is 10.4. The zero-order valence-electron chi connectivity index (χ0n) is 11.0. The van der Waals surface area contributed by atoms with Crippen molar-refractivity contribution in [3.63, 3.8) is 0 Å². The van der Waals surface area contributed by atoms with Crippen LogP contribution in [-0.4, -0.2) is 26.8 Å². The van der Waals surface area contributed by atoms with Gasteiger partial charge < -0.3 is 10.1 Å². The Morgan fingerprint density at radius 3 is 2.33 bits per heavy atom. The summed E-state index contributed by atoms with van der Waals surface area (Å²) in [4.78, 5) is 0. The molecule has 0 aliphatic heterocycles. The molecule has 15 heavy (non-hydrogen) atoms. The number of nitrogens with one attached hydrogen (secondary N) is 1. The lowest BCUT2D eigenvalue weighted by atomic mass is 10.00. The molecule has 0 amide bonds. The summed E-state index contributed by atoms with van der Waals surface area (Å²) >= 11 is 0. The SMILES string of the molecule is COCCNCC(C)CCCCC(C)C. The number of unbranched alkanes of at least 4 members (excludes halogenated alkanes) is 1. The van der Waals surface area contributed by atoms with Crippen LogP contribution in [0.5, 0.6) is 0 Å². The summed E-state index contributed by atoms with van der Waals surface area (Å²) in [6.07, 6.45) is 5.50. The maximum absolute atomic E-state index is 4.99. The van der Waals surface area contributed by atoms with Crippen LogP contribution in [0.4, 0.5) is 0 Å². The molecule has 0 aliphatic carbocycles. The van der Waals surface area contributed by atoms with Gasteiger partial charge in [-0.05, 0) is 24.8 Å². The molecule has 2 nitrogen and oxygen atoms in total. The maximum Gasteiger partial charge on any atom is 0.0587 e. The highest BCUT2D eigenvalue weighted by Crippen LogP contribution is 2.12. The van der Waals surface area contributed by atoms with E-state index in [0.717, 1.165) is 31.5 Å². The first kappa shape index (κ1) is 14.9. The summed E-state index contributed by atoms with van der Waals surface area (Å²) in [5.74, 6) is 1.66. The van der Waals surface area contributed by atoms with Crippen LogP contribution < -0.4 is 5.32 Å². The first-order valence-corrected chi connectivity index (χ1v) is 6.36. The van der Waals surface area contributed by atoms with Crippen LogP contribution in [-0.2, 0) is 4.74 Å². The van der Waals surface area contributed by atoms with E-state index in [4.69, 9.17) is 4.74 Å². The second-order valence-electron chi connectivity index (χ2n) is 4.98. The van der Waals surface area contributed by atoms with Gasteiger partial charge in [-0.3, -0.25) is 0 Å². The smallest absolute Gasteiger partial charge is 0.0587 e. The van der Waals surface area contributed by atoms with Crippen LogP contribution in [0.3, 0.4) is 0 Å². The van der Waals surface area contributed by atoms with Crippen LogP contribution >= 0.6 is 0 Å². The quantitative estimate of drug-likeness (QED) is 0.565. The fourth-order valence-electron chi connectivity index (χ4n) is 1.67. The fourth-order valence-corrected chi connectivity index (χ4v) is 1.67. The Hall–Kier alpha value is -0.0800.